The van der Waals surface area contributed by atoms with Crippen LogP contribution in [0.2, 0.25) is 0 Å². The zero-order valence-electron chi connectivity index (χ0n) is 11.5. The molecular formula is C15H17N3O3. The molecule has 0 bridgehead atoms. The lowest BCUT2D eigenvalue weighted by molar-refractivity contribution is -0.125. The fourth-order valence-corrected chi connectivity index (χ4v) is 2.02. The summed E-state index contributed by atoms with van der Waals surface area (Å²) in [6, 6.07) is 6.66. The number of hydrogen-bond donors (Lipinski definition) is 2. The summed E-state index contributed by atoms with van der Waals surface area (Å²) in [6.07, 6.45) is 3.47. The van der Waals surface area contributed by atoms with Crippen molar-refractivity contribution in [2.75, 3.05) is 19.6 Å². The first-order valence-corrected chi connectivity index (χ1v) is 6.70. The van der Waals surface area contributed by atoms with Crippen LogP contribution in [-0.2, 0) is 9.59 Å². The summed E-state index contributed by atoms with van der Waals surface area (Å²) in [4.78, 5) is 35.8. The molecule has 0 spiro atoms. The number of nitrogens with zero attached hydrogens (tertiary/aromatic N) is 1. The average molecular weight is 287 g/mol. The Kier molecular flexibility index (Phi) is 4.71. The molecule has 1 aromatic rings. The number of primary amides is 1. The molecular weight excluding hydrogens is 270 g/mol. The Morgan fingerprint density at radius 2 is 1.90 bits per heavy atom. The number of nitrogens with two attached hydrogens (primary N) is 1. The van der Waals surface area contributed by atoms with E-state index in [0.29, 0.717) is 31.6 Å². The molecule has 3 amide bonds. The van der Waals surface area contributed by atoms with Crippen molar-refractivity contribution in [2.24, 2.45) is 5.73 Å². The zero-order chi connectivity index (χ0) is 15.2. The fourth-order valence-electron chi connectivity index (χ4n) is 2.02. The predicted molar refractivity (Wildman–Crippen MR) is 78.2 cm³/mol. The van der Waals surface area contributed by atoms with Crippen LogP contribution >= 0.6 is 0 Å². The SMILES string of the molecule is NC(=O)c1ccc(C=CC(=O)N2CCNC(=O)CC2)cc1. The zero-order valence-corrected chi connectivity index (χ0v) is 11.5. The minimum Gasteiger partial charge on any atom is -0.366 e. The highest BCUT2D eigenvalue weighted by molar-refractivity contribution is 5.94. The third kappa shape index (κ3) is 4.17. The van der Waals surface area contributed by atoms with Gasteiger partial charge in [-0.2, -0.15) is 0 Å². The van der Waals surface area contributed by atoms with Crippen molar-refractivity contribution in [2.45, 2.75) is 6.42 Å². The normalized spacial score (nSPS) is 15.6. The summed E-state index contributed by atoms with van der Waals surface area (Å²) in [7, 11) is 0. The first-order valence-electron chi connectivity index (χ1n) is 6.70. The molecule has 3 N–H and O–H groups in total. The van der Waals surface area contributed by atoms with Crippen molar-refractivity contribution < 1.29 is 14.4 Å². The standard InChI is InChI=1S/C15H17N3O3/c16-15(21)12-4-1-11(2-5-12)3-6-14(20)18-9-7-13(19)17-8-10-18/h1-6H,7-10H2,(H2,16,21)(H,17,19). The Labute approximate surface area is 122 Å². The molecule has 1 saturated heterocycles. The summed E-state index contributed by atoms with van der Waals surface area (Å²) in [6.45, 7) is 1.41. The van der Waals surface area contributed by atoms with Crippen molar-refractivity contribution in [3.8, 4) is 0 Å². The van der Waals surface area contributed by atoms with Crippen LogP contribution in [-0.4, -0.2) is 42.3 Å². The van der Waals surface area contributed by atoms with E-state index < -0.39 is 5.91 Å². The molecule has 1 aromatic carbocycles. The molecule has 1 fully saturated rings. The fraction of sp³-hybridized carbons (Fsp3) is 0.267. The molecule has 0 saturated carbocycles. The van der Waals surface area contributed by atoms with Gasteiger partial charge in [0.2, 0.25) is 17.7 Å². The van der Waals surface area contributed by atoms with E-state index in [9.17, 15) is 14.4 Å². The van der Waals surface area contributed by atoms with Gasteiger partial charge >= 0.3 is 0 Å². The highest BCUT2D eigenvalue weighted by Gasteiger charge is 2.16. The second-order valence-electron chi connectivity index (χ2n) is 4.74. The first-order chi connectivity index (χ1) is 10.1. The van der Waals surface area contributed by atoms with E-state index >= 15 is 0 Å². The summed E-state index contributed by atoms with van der Waals surface area (Å²) in [5, 5.41) is 2.72. The van der Waals surface area contributed by atoms with Gasteiger partial charge in [0.05, 0.1) is 0 Å². The van der Waals surface area contributed by atoms with E-state index in [0.717, 1.165) is 5.56 Å². The highest BCUT2D eigenvalue weighted by Crippen LogP contribution is 2.07. The molecule has 1 heterocycles. The molecule has 0 aromatic heterocycles. The third-order valence-corrected chi connectivity index (χ3v) is 3.24. The van der Waals surface area contributed by atoms with Gasteiger partial charge in [-0.3, -0.25) is 14.4 Å². The molecule has 6 heteroatoms. The van der Waals surface area contributed by atoms with Gasteiger partial charge in [-0.1, -0.05) is 12.1 Å². The molecule has 110 valence electrons. The van der Waals surface area contributed by atoms with Gasteiger partial charge in [-0.05, 0) is 23.8 Å². The average Bonchev–Trinajstić information content (AvgIpc) is 2.70. The van der Waals surface area contributed by atoms with Crippen LogP contribution < -0.4 is 11.1 Å². The Balaban J connectivity index is 1.97. The number of hydrogen-bond acceptors (Lipinski definition) is 3. The Hall–Kier alpha value is -2.63. The molecule has 2 rings (SSSR count). The molecule has 0 radical (unpaired) electrons. The molecule has 1 aliphatic heterocycles. The maximum absolute atomic E-state index is 12.0. The summed E-state index contributed by atoms with van der Waals surface area (Å²) in [5.41, 5.74) is 6.39. The summed E-state index contributed by atoms with van der Waals surface area (Å²) in [5.74, 6) is -0.648. The number of rotatable bonds is 3. The van der Waals surface area contributed by atoms with Crippen molar-refractivity contribution in [1.29, 1.82) is 0 Å². The quantitative estimate of drug-likeness (QED) is 0.775. The number of benzene rings is 1. The van der Waals surface area contributed by atoms with Gasteiger partial charge in [-0.25, -0.2) is 0 Å². The predicted octanol–water partition coefficient (Wildman–Crippen LogP) is 0.147. The van der Waals surface area contributed by atoms with E-state index in [2.05, 4.69) is 5.32 Å². The lowest BCUT2D eigenvalue weighted by Crippen LogP contribution is -2.32. The van der Waals surface area contributed by atoms with Crippen molar-refractivity contribution in [1.82, 2.24) is 10.2 Å². The summed E-state index contributed by atoms with van der Waals surface area (Å²) < 4.78 is 0. The lowest BCUT2D eigenvalue weighted by Gasteiger charge is -2.17. The van der Waals surface area contributed by atoms with Crippen LogP contribution in [0.25, 0.3) is 6.08 Å². The number of amides is 3. The van der Waals surface area contributed by atoms with Crippen molar-refractivity contribution >= 4 is 23.8 Å². The van der Waals surface area contributed by atoms with E-state index in [1.165, 1.54) is 6.08 Å². The van der Waals surface area contributed by atoms with E-state index in [1.54, 1.807) is 35.2 Å². The van der Waals surface area contributed by atoms with Gasteiger partial charge in [-0.15, -0.1) is 0 Å². The molecule has 0 aliphatic carbocycles. The molecule has 0 atom stereocenters. The van der Waals surface area contributed by atoms with Gasteiger partial charge in [0.25, 0.3) is 0 Å². The van der Waals surface area contributed by atoms with Crippen molar-refractivity contribution in [3.63, 3.8) is 0 Å². The topological polar surface area (TPSA) is 92.5 Å². The Morgan fingerprint density at radius 3 is 2.57 bits per heavy atom. The third-order valence-electron chi connectivity index (χ3n) is 3.24. The lowest BCUT2D eigenvalue weighted by atomic mass is 10.1. The highest BCUT2D eigenvalue weighted by atomic mass is 16.2. The molecule has 21 heavy (non-hydrogen) atoms. The first kappa shape index (κ1) is 14.8. The molecule has 1 aliphatic rings. The Bertz CT molecular complexity index is 578. The van der Waals surface area contributed by atoms with Crippen molar-refractivity contribution in [3.05, 3.63) is 41.5 Å². The van der Waals surface area contributed by atoms with Crippen LogP contribution in [0.4, 0.5) is 0 Å². The van der Waals surface area contributed by atoms with Gasteiger partial charge in [0.15, 0.2) is 0 Å². The maximum atomic E-state index is 12.0. The molecule has 0 unspecified atom stereocenters. The van der Waals surface area contributed by atoms with E-state index in [-0.39, 0.29) is 11.8 Å². The van der Waals surface area contributed by atoms with E-state index in [1.807, 2.05) is 0 Å². The summed E-state index contributed by atoms with van der Waals surface area (Å²) >= 11 is 0. The van der Waals surface area contributed by atoms with E-state index in [4.69, 9.17) is 5.73 Å². The number of nitrogens with one attached hydrogen (secondary N) is 1. The van der Waals surface area contributed by atoms with Gasteiger partial charge in [0, 0.05) is 37.7 Å². The minimum atomic E-state index is -0.483. The second kappa shape index (κ2) is 6.69. The van der Waals surface area contributed by atoms with Crippen LogP contribution in [0.15, 0.2) is 30.3 Å². The minimum absolute atomic E-state index is 0.0312. The Morgan fingerprint density at radius 1 is 1.19 bits per heavy atom. The molecule has 6 nitrogen and oxygen atoms in total. The maximum Gasteiger partial charge on any atom is 0.248 e. The van der Waals surface area contributed by atoms with Crippen LogP contribution in [0.1, 0.15) is 22.3 Å². The van der Waals surface area contributed by atoms with Crippen LogP contribution in [0.5, 0.6) is 0 Å². The largest absolute Gasteiger partial charge is 0.366 e. The second-order valence-corrected chi connectivity index (χ2v) is 4.74. The smallest absolute Gasteiger partial charge is 0.248 e. The van der Waals surface area contributed by atoms with Crippen LogP contribution in [0, 0.1) is 0 Å². The monoisotopic (exact) mass is 287 g/mol. The number of carbonyl (C=O) groups is 3. The number of carbonyl (C=O) groups excluding carboxylic acids is 3. The van der Waals surface area contributed by atoms with Crippen LogP contribution in [0.3, 0.4) is 0 Å². The van der Waals surface area contributed by atoms with Gasteiger partial charge in [0.1, 0.15) is 0 Å². The van der Waals surface area contributed by atoms with Gasteiger partial charge < -0.3 is 16.0 Å².